The van der Waals surface area contributed by atoms with Gasteiger partial charge in [0.2, 0.25) is 5.91 Å². The lowest BCUT2D eigenvalue weighted by atomic mass is 10.1. The third kappa shape index (κ3) is 5.30. The van der Waals surface area contributed by atoms with Crippen molar-refractivity contribution in [3.05, 3.63) is 63.7 Å². The fraction of sp³-hybridized carbons (Fsp3) is 0.381. The molecule has 1 aliphatic rings. The molecule has 29 heavy (non-hydrogen) atoms. The van der Waals surface area contributed by atoms with Crippen LogP contribution in [0.25, 0.3) is 0 Å². The number of morpholine rings is 1. The van der Waals surface area contributed by atoms with Gasteiger partial charge in [-0.05, 0) is 31.2 Å². The first-order chi connectivity index (χ1) is 14.0. The van der Waals surface area contributed by atoms with Crippen molar-refractivity contribution in [1.29, 1.82) is 0 Å². The first-order valence-corrected chi connectivity index (χ1v) is 9.58. The molecule has 0 atom stereocenters. The second-order valence-electron chi connectivity index (χ2n) is 7.17. The van der Waals surface area contributed by atoms with Gasteiger partial charge in [0, 0.05) is 31.4 Å². The third-order valence-corrected chi connectivity index (χ3v) is 4.91. The molecule has 1 saturated heterocycles. The van der Waals surface area contributed by atoms with Crippen molar-refractivity contribution >= 4 is 23.0 Å². The van der Waals surface area contributed by atoms with E-state index in [4.69, 9.17) is 4.74 Å². The molecule has 2 aromatic rings. The lowest BCUT2D eigenvalue weighted by Gasteiger charge is -2.31. The number of nitro benzene ring substituents is 1. The summed E-state index contributed by atoms with van der Waals surface area (Å²) in [6.07, 6.45) is 0. The van der Waals surface area contributed by atoms with Crippen molar-refractivity contribution in [2.45, 2.75) is 13.5 Å². The predicted octanol–water partition coefficient (Wildman–Crippen LogP) is 2.81. The monoisotopic (exact) mass is 398 g/mol. The van der Waals surface area contributed by atoms with Gasteiger partial charge in [0.15, 0.2) is 0 Å². The van der Waals surface area contributed by atoms with Gasteiger partial charge in [0.25, 0.3) is 5.69 Å². The Kier molecular flexibility index (Phi) is 6.79. The third-order valence-electron chi connectivity index (χ3n) is 4.91. The molecule has 0 spiro atoms. The van der Waals surface area contributed by atoms with E-state index in [0.29, 0.717) is 25.3 Å². The van der Waals surface area contributed by atoms with Crippen molar-refractivity contribution in [2.24, 2.45) is 0 Å². The highest BCUT2D eigenvalue weighted by Gasteiger charge is 2.19. The minimum Gasteiger partial charge on any atom is -0.378 e. The van der Waals surface area contributed by atoms with E-state index in [1.54, 1.807) is 19.1 Å². The van der Waals surface area contributed by atoms with Crippen LogP contribution in [0, 0.1) is 17.0 Å². The Balaban J connectivity index is 1.65. The van der Waals surface area contributed by atoms with Crippen LogP contribution >= 0.6 is 0 Å². The lowest BCUT2D eigenvalue weighted by Crippen LogP contribution is -2.37. The van der Waals surface area contributed by atoms with E-state index in [-0.39, 0.29) is 23.8 Å². The molecule has 0 unspecified atom stereocenters. The number of carbonyl (C=O) groups excluding carboxylic acids is 1. The molecule has 1 fully saturated rings. The number of nitrogens with zero attached hydrogens (tertiary/aromatic N) is 3. The second-order valence-corrected chi connectivity index (χ2v) is 7.17. The number of benzene rings is 2. The number of aryl methyl sites for hydroxylation is 1. The number of nitro groups is 1. The Morgan fingerprint density at radius 3 is 2.66 bits per heavy atom. The van der Waals surface area contributed by atoms with Crippen LogP contribution in [-0.2, 0) is 16.1 Å². The number of nitrogens with one attached hydrogen (secondary N) is 1. The van der Waals surface area contributed by atoms with Crippen LogP contribution in [0.3, 0.4) is 0 Å². The maximum absolute atomic E-state index is 12.5. The number of rotatable bonds is 7. The molecule has 1 amide bonds. The fourth-order valence-electron chi connectivity index (χ4n) is 3.50. The van der Waals surface area contributed by atoms with E-state index >= 15 is 0 Å². The van der Waals surface area contributed by atoms with Crippen molar-refractivity contribution < 1.29 is 14.5 Å². The molecule has 0 bridgehead atoms. The van der Waals surface area contributed by atoms with Gasteiger partial charge in [-0.25, -0.2) is 0 Å². The highest BCUT2D eigenvalue weighted by Crippen LogP contribution is 2.27. The number of hydrogen-bond acceptors (Lipinski definition) is 6. The number of anilines is 2. The maximum Gasteiger partial charge on any atom is 0.293 e. The van der Waals surface area contributed by atoms with E-state index in [0.717, 1.165) is 24.3 Å². The SMILES string of the molecule is Cc1cccc([N+](=O)[O-])c1NC(=O)CN(C)Cc1ccccc1N1CCOCC1. The lowest BCUT2D eigenvalue weighted by molar-refractivity contribution is -0.384. The molecule has 0 radical (unpaired) electrons. The fourth-order valence-corrected chi connectivity index (χ4v) is 3.50. The van der Waals surface area contributed by atoms with Gasteiger partial charge < -0.3 is 15.0 Å². The number of amides is 1. The van der Waals surface area contributed by atoms with E-state index < -0.39 is 4.92 Å². The van der Waals surface area contributed by atoms with Gasteiger partial charge in [-0.2, -0.15) is 0 Å². The summed E-state index contributed by atoms with van der Waals surface area (Å²) in [6, 6.07) is 12.9. The summed E-state index contributed by atoms with van der Waals surface area (Å²) in [4.78, 5) is 27.5. The van der Waals surface area contributed by atoms with Gasteiger partial charge in [0.1, 0.15) is 5.69 Å². The predicted molar refractivity (Wildman–Crippen MR) is 112 cm³/mol. The molecule has 2 aromatic carbocycles. The summed E-state index contributed by atoms with van der Waals surface area (Å²) in [7, 11) is 1.86. The van der Waals surface area contributed by atoms with Crippen molar-refractivity contribution in [3.8, 4) is 0 Å². The molecule has 1 aliphatic heterocycles. The molecule has 3 rings (SSSR count). The van der Waals surface area contributed by atoms with Crippen LogP contribution in [-0.4, -0.2) is 55.6 Å². The van der Waals surface area contributed by atoms with E-state index in [2.05, 4.69) is 22.3 Å². The Labute approximate surface area is 170 Å². The van der Waals surface area contributed by atoms with Crippen molar-refractivity contribution in [2.75, 3.05) is 50.1 Å². The van der Waals surface area contributed by atoms with Crippen molar-refractivity contribution in [3.63, 3.8) is 0 Å². The van der Waals surface area contributed by atoms with E-state index in [1.165, 1.54) is 6.07 Å². The summed E-state index contributed by atoms with van der Waals surface area (Å²) in [6.45, 7) is 5.57. The van der Waals surface area contributed by atoms with Gasteiger partial charge in [0.05, 0.1) is 24.7 Å². The summed E-state index contributed by atoms with van der Waals surface area (Å²) in [5.74, 6) is -0.284. The topological polar surface area (TPSA) is 88.0 Å². The zero-order valence-electron chi connectivity index (χ0n) is 16.8. The van der Waals surface area contributed by atoms with Crippen LogP contribution in [0.5, 0.6) is 0 Å². The van der Waals surface area contributed by atoms with Gasteiger partial charge in [-0.1, -0.05) is 30.3 Å². The summed E-state index contributed by atoms with van der Waals surface area (Å²) < 4.78 is 5.43. The Bertz CT molecular complexity index is 881. The van der Waals surface area contributed by atoms with Crippen molar-refractivity contribution in [1.82, 2.24) is 4.90 Å². The minimum atomic E-state index is -0.481. The van der Waals surface area contributed by atoms with Crippen LogP contribution in [0.2, 0.25) is 0 Å². The smallest absolute Gasteiger partial charge is 0.293 e. The quantitative estimate of drug-likeness (QED) is 0.570. The molecule has 1 heterocycles. The van der Waals surface area contributed by atoms with Crippen LogP contribution in [0.15, 0.2) is 42.5 Å². The average Bonchev–Trinajstić information content (AvgIpc) is 2.70. The van der Waals surface area contributed by atoms with Gasteiger partial charge in [-0.15, -0.1) is 0 Å². The zero-order valence-corrected chi connectivity index (χ0v) is 16.8. The Morgan fingerprint density at radius 1 is 1.21 bits per heavy atom. The molecular weight excluding hydrogens is 372 g/mol. The molecule has 8 heteroatoms. The Hall–Kier alpha value is -2.97. The first kappa shape index (κ1) is 20.8. The second kappa shape index (κ2) is 9.49. The molecule has 0 saturated carbocycles. The average molecular weight is 398 g/mol. The largest absolute Gasteiger partial charge is 0.378 e. The Morgan fingerprint density at radius 2 is 1.93 bits per heavy atom. The summed E-state index contributed by atoms with van der Waals surface area (Å²) in [5, 5.41) is 13.9. The molecule has 1 N–H and O–H groups in total. The number of carbonyl (C=O) groups is 1. The van der Waals surface area contributed by atoms with Gasteiger partial charge >= 0.3 is 0 Å². The van der Waals surface area contributed by atoms with Crippen LogP contribution in [0.1, 0.15) is 11.1 Å². The maximum atomic E-state index is 12.5. The number of para-hydroxylation sites is 2. The zero-order chi connectivity index (χ0) is 20.8. The summed E-state index contributed by atoms with van der Waals surface area (Å²) in [5.41, 5.74) is 3.10. The van der Waals surface area contributed by atoms with Crippen LogP contribution < -0.4 is 10.2 Å². The van der Waals surface area contributed by atoms with Crippen LogP contribution in [0.4, 0.5) is 17.1 Å². The molecular formula is C21H26N4O4. The standard InChI is InChI=1S/C21H26N4O4/c1-16-6-5-9-19(25(27)28)21(16)22-20(26)15-23(2)14-17-7-3-4-8-18(17)24-10-12-29-13-11-24/h3-9H,10-15H2,1-2H3,(H,22,26). The minimum absolute atomic E-state index is 0.0985. The highest BCUT2D eigenvalue weighted by atomic mass is 16.6. The number of hydrogen-bond donors (Lipinski definition) is 1. The molecule has 0 aliphatic carbocycles. The van der Waals surface area contributed by atoms with E-state index in [9.17, 15) is 14.9 Å². The van der Waals surface area contributed by atoms with Gasteiger partial charge in [-0.3, -0.25) is 19.8 Å². The number of ether oxygens (including phenoxy) is 1. The highest BCUT2D eigenvalue weighted by molar-refractivity contribution is 5.95. The number of likely N-dealkylation sites (N-methyl/N-ethyl adjacent to an activating group) is 1. The summed E-state index contributed by atoms with van der Waals surface area (Å²) >= 11 is 0. The molecule has 8 nitrogen and oxygen atoms in total. The first-order valence-electron chi connectivity index (χ1n) is 9.58. The normalized spacial score (nSPS) is 14.1. The van der Waals surface area contributed by atoms with E-state index in [1.807, 2.05) is 24.1 Å². The molecule has 154 valence electrons. The molecule has 0 aromatic heterocycles.